The van der Waals surface area contributed by atoms with Crippen molar-refractivity contribution in [2.75, 3.05) is 23.3 Å². The average molecular weight is 274 g/mol. The molecule has 4 nitrogen and oxygen atoms in total. The Hall–Kier alpha value is -1.32. The lowest BCUT2D eigenvalue weighted by molar-refractivity contribution is 0.242. The molecule has 2 fully saturated rings. The summed E-state index contributed by atoms with van der Waals surface area (Å²) in [5.41, 5.74) is 0. The number of piperidine rings is 1. The number of aromatic nitrogens is 2. The molecule has 0 amide bonds. The first-order chi connectivity index (χ1) is 9.78. The van der Waals surface area contributed by atoms with Crippen LogP contribution in [0.2, 0.25) is 0 Å². The Morgan fingerprint density at radius 1 is 1.20 bits per heavy atom. The quantitative estimate of drug-likeness (QED) is 0.917. The summed E-state index contributed by atoms with van der Waals surface area (Å²) in [6, 6.07) is 2.84. The number of hydrogen-bond donors (Lipinski definition) is 1. The van der Waals surface area contributed by atoms with Crippen LogP contribution < -0.4 is 10.2 Å². The zero-order valence-electron chi connectivity index (χ0n) is 12.7. The van der Waals surface area contributed by atoms with E-state index in [0.29, 0.717) is 6.04 Å². The molecule has 1 aromatic rings. The first-order valence-corrected chi connectivity index (χ1v) is 8.14. The Kier molecular flexibility index (Phi) is 4.08. The second-order valence-electron chi connectivity index (χ2n) is 6.14. The van der Waals surface area contributed by atoms with Crippen molar-refractivity contribution in [2.45, 2.75) is 58.4 Å². The second-order valence-corrected chi connectivity index (χ2v) is 6.14. The number of aryl methyl sites for hydroxylation is 1. The standard InChI is InChI=1S/C16H26N4/c1-3-17-15-11-16(19-12(2)18-15)20-10-6-8-13-7-4-5-9-14(13)20/h11,13-14H,3-10H2,1-2H3,(H,17,18,19)/t13-,14-/m1/s1. The van der Waals surface area contributed by atoms with Gasteiger partial charge in [0.15, 0.2) is 0 Å². The molecular formula is C16H26N4. The maximum absolute atomic E-state index is 4.71. The van der Waals surface area contributed by atoms with Gasteiger partial charge in [-0.3, -0.25) is 0 Å². The largest absolute Gasteiger partial charge is 0.370 e. The number of fused-ring (bicyclic) bond motifs is 1. The van der Waals surface area contributed by atoms with Crippen LogP contribution in [0.25, 0.3) is 0 Å². The summed E-state index contributed by atoms with van der Waals surface area (Å²) in [5.74, 6) is 3.85. The van der Waals surface area contributed by atoms with E-state index in [4.69, 9.17) is 4.98 Å². The van der Waals surface area contributed by atoms with E-state index in [-0.39, 0.29) is 0 Å². The first-order valence-electron chi connectivity index (χ1n) is 8.14. The number of nitrogens with one attached hydrogen (secondary N) is 1. The highest BCUT2D eigenvalue weighted by molar-refractivity contribution is 5.50. The third-order valence-corrected chi connectivity index (χ3v) is 4.72. The number of nitrogens with zero attached hydrogens (tertiary/aromatic N) is 3. The molecule has 1 aliphatic carbocycles. The summed E-state index contributed by atoms with van der Waals surface area (Å²) in [5, 5.41) is 3.32. The summed E-state index contributed by atoms with van der Waals surface area (Å²) in [4.78, 5) is 11.7. The van der Waals surface area contributed by atoms with Gasteiger partial charge in [0.05, 0.1) is 0 Å². The van der Waals surface area contributed by atoms with Crippen LogP contribution in [0, 0.1) is 12.8 Å². The van der Waals surface area contributed by atoms with E-state index in [9.17, 15) is 0 Å². The Morgan fingerprint density at radius 3 is 2.85 bits per heavy atom. The van der Waals surface area contributed by atoms with Gasteiger partial charge in [-0.05, 0) is 45.4 Å². The Balaban J connectivity index is 1.86. The van der Waals surface area contributed by atoms with Gasteiger partial charge in [-0.15, -0.1) is 0 Å². The minimum Gasteiger partial charge on any atom is -0.370 e. The fourth-order valence-corrected chi connectivity index (χ4v) is 3.88. The van der Waals surface area contributed by atoms with Crippen molar-refractivity contribution in [1.29, 1.82) is 0 Å². The fraction of sp³-hybridized carbons (Fsp3) is 0.750. The van der Waals surface area contributed by atoms with Crippen LogP contribution in [-0.4, -0.2) is 29.1 Å². The highest BCUT2D eigenvalue weighted by Gasteiger charge is 2.34. The van der Waals surface area contributed by atoms with Gasteiger partial charge in [0.25, 0.3) is 0 Å². The molecule has 0 unspecified atom stereocenters. The number of hydrogen-bond acceptors (Lipinski definition) is 4. The van der Waals surface area contributed by atoms with E-state index in [1.54, 1.807) is 0 Å². The Bertz CT molecular complexity index is 458. The van der Waals surface area contributed by atoms with E-state index in [2.05, 4.69) is 28.2 Å². The molecule has 0 spiro atoms. The zero-order chi connectivity index (χ0) is 13.9. The van der Waals surface area contributed by atoms with Gasteiger partial charge in [0.2, 0.25) is 0 Å². The van der Waals surface area contributed by atoms with Crippen LogP contribution >= 0.6 is 0 Å². The lowest BCUT2D eigenvalue weighted by Crippen LogP contribution is -2.47. The van der Waals surface area contributed by atoms with Gasteiger partial charge < -0.3 is 10.2 Å². The highest BCUT2D eigenvalue weighted by atomic mass is 15.2. The molecule has 2 atom stereocenters. The van der Waals surface area contributed by atoms with Crippen LogP contribution in [-0.2, 0) is 0 Å². The van der Waals surface area contributed by atoms with Gasteiger partial charge >= 0.3 is 0 Å². The van der Waals surface area contributed by atoms with Crippen LogP contribution in [0.5, 0.6) is 0 Å². The minimum atomic E-state index is 0.710. The smallest absolute Gasteiger partial charge is 0.134 e. The third kappa shape index (κ3) is 2.74. The van der Waals surface area contributed by atoms with Crippen molar-refractivity contribution in [2.24, 2.45) is 5.92 Å². The molecular weight excluding hydrogens is 248 g/mol. The maximum atomic E-state index is 4.71. The molecule has 0 bridgehead atoms. The Labute approximate surface area is 122 Å². The summed E-state index contributed by atoms with van der Waals surface area (Å²) < 4.78 is 0. The van der Waals surface area contributed by atoms with Crippen molar-refractivity contribution in [3.63, 3.8) is 0 Å². The van der Waals surface area contributed by atoms with E-state index in [1.807, 2.05) is 6.92 Å². The van der Waals surface area contributed by atoms with Gasteiger partial charge in [-0.25, -0.2) is 9.97 Å². The van der Waals surface area contributed by atoms with Gasteiger partial charge in [0.1, 0.15) is 17.5 Å². The molecule has 110 valence electrons. The minimum absolute atomic E-state index is 0.710. The van der Waals surface area contributed by atoms with Crippen molar-refractivity contribution in [3.05, 3.63) is 11.9 Å². The molecule has 0 radical (unpaired) electrons. The first kappa shape index (κ1) is 13.7. The molecule has 20 heavy (non-hydrogen) atoms. The molecule has 1 N–H and O–H groups in total. The van der Waals surface area contributed by atoms with Crippen molar-refractivity contribution in [3.8, 4) is 0 Å². The second kappa shape index (κ2) is 5.98. The van der Waals surface area contributed by atoms with Crippen LogP contribution in [0.3, 0.4) is 0 Å². The van der Waals surface area contributed by atoms with Crippen molar-refractivity contribution >= 4 is 11.6 Å². The Morgan fingerprint density at radius 2 is 2.00 bits per heavy atom. The lowest BCUT2D eigenvalue weighted by Gasteiger charge is -2.44. The topological polar surface area (TPSA) is 41.0 Å². The molecule has 1 aliphatic heterocycles. The van der Waals surface area contributed by atoms with Crippen molar-refractivity contribution < 1.29 is 0 Å². The molecule has 1 aromatic heterocycles. The molecule has 0 aromatic carbocycles. The predicted molar refractivity (Wildman–Crippen MR) is 83.3 cm³/mol. The summed E-state index contributed by atoms with van der Waals surface area (Å²) in [7, 11) is 0. The number of rotatable bonds is 3. The van der Waals surface area contributed by atoms with E-state index in [0.717, 1.165) is 36.5 Å². The SMILES string of the molecule is CCNc1cc(N2CCC[C@H]3CCCC[C@H]32)nc(C)n1. The molecule has 1 saturated heterocycles. The maximum Gasteiger partial charge on any atom is 0.134 e. The van der Waals surface area contributed by atoms with Crippen LogP contribution in [0.15, 0.2) is 6.07 Å². The predicted octanol–water partition coefficient (Wildman–Crippen LogP) is 3.38. The van der Waals surface area contributed by atoms with Gasteiger partial charge in [-0.2, -0.15) is 0 Å². The number of anilines is 2. The lowest BCUT2D eigenvalue weighted by atomic mass is 9.78. The average Bonchev–Trinajstić information content (AvgIpc) is 2.46. The molecule has 2 aliphatic rings. The third-order valence-electron chi connectivity index (χ3n) is 4.72. The molecule has 3 rings (SSSR count). The monoisotopic (exact) mass is 274 g/mol. The van der Waals surface area contributed by atoms with Gasteiger partial charge in [0, 0.05) is 25.2 Å². The summed E-state index contributed by atoms with van der Waals surface area (Å²) in [6.45, 7) is 6.16. The fourth-order valence-electron chi connectivity index (χ4n) is 3.88. The van der Waals surface area contributed by atoms with E-state index < -0.39 is 0 Å². The van der Waals surface area contributed by atoms with Gasteiger partial charge in [-0.1, -0.05) is 12.8 Å². The molecule has 2 heterocycles. The zero-order valence-corrected chi connectivity index (χ0v) is 12.7. The summed E-state index contributed by atoms with van der Waals surface area (Å²) >= 11 is 0. The van der Waals surface area contributed by atoms with Crippen molar-refractivity contribution in [1.82, 2.24) is 9.97 Å². The highest BCUT2D eigenvalue weighted by Crippen LogP contribution is 2.37. The molecule has 1 saturated carbocycles. The van der Waals surface area contributed by atoms with Crippen LogP contribution in [0.1, 0.15) is 51.3 Å². The van der Waals surface area contributed by atoms with E-state index >= 15 is 0 Å². The normalized spacial score (nSPS) is 26.2. The summed E-state index contributed by atoms with van der Waals surface area (Å²) in [6.07, 6.45) is 8.25. The molecule has 4 heteroatoms. The van der Waals surface area contributed by atoms with Crippen LogP contribution in [0.4, 0.5) is 11.6 Å². The van der Waals surface area contributed by atoms with E-state index in [1.165, 1.54) is 38.5 Å².